The lowest BCUT2D eigenvalue weighted by Crippen LogP contribution is -2.25. The summed E-state index contributed by atoms with van der Waals surface area (Å²) in [5.41, 5.74) is 2.08. The third-order valence-corrected chi connectivity index (χ3v) is 7.73. The smallest absolute Gasteiger partial charge is 0.282 e. The molecule has 1 aliphatic heterocycles. The molecule has 0 unspecified atom stereocenters. The fourth-order valence-corrected chi connectivity index (χ4v) is 5.96. The molecule has 4 aromatic rings. The number of nitrogens with zero attached hydrogens (tertiary/aromatic N) is 3. The van der Waals surface area contributed by atoms with Gasteiger partial charge in [-0.15, -0.1) is 0 Å². The molecule has 7 nitrogen and oxygen atoms in total. The van der Waals surface area contributed by atoms with E-state index in [4.69, 9.17) is 30.8 Å². The van der Waals surface area contributed by atoms with E-state index in [1.165, 1.54) is 11.1 Å². The lowest BCUT2D eigenvalue weighted by Gasteiger charge is -2.22. The second-order valence-electron chi connectivity index (χ2n) is 9.47. The topological polar surface area (TPSA) is 74.9 Å². The SMILES string of the molecule is O=c1c2ccccc2nc(C2CCCCC2)n1N=Cc1cc(Cl)cc(Br)c1OCc1ccc2c(c1)OCO2. The number of hydrogen-bond acceptors (Lipinski definition) is 6. The van der Waals surface area contributed by atoms with Gasteiger partial charge in [-0.1, -0.05) is 49.1 Å². The van der Waals surface area contributed by atoms with Gasteiger partial charge in [-0.2, -0.15) is 9.78 Å². The summed E-state index contributed by atoms with van der Waals surface area (Å²) in [6.07, 6.45) is 7.06. The monoisotopic (exact) mass is 593 g/mol. The van der Waals surface area contributed by atoms with Gasteiger partial charge in [0, 0.05) is 16.5 Å². The highest BCUT2D eigenvalue weighted by Crippen LogP contribution is 2.36. The Balaban J connectivity index is 1.36. The number of benzene rings is 3. The molecule has 9 heteroatoms. The van der Waals surface area contributed by atoms with Crippen molar-refractivity contribution in [3.8, 4) is 17.2 Å². The number of rotatable bonds is 6. The zero-order valence-corrected chi connectivity index (χ0v) is 22.9. The third kappa shape index (κ3) is 5.02. The van der Waals surface area contributed by atoms with E-state index in [1.807, 2.05) is 36.4 Å². The van der Waals surface area contributed by atoms with Crippen molar-refractivity contribution in [2.24, 2.45) is 5.10 Å². The Morgan fingerprint density at radius 2 is 1.89 bits per heavy atom. The molecular weight excluding hydrogens is 570 g/mol. The normalized spacial score (nSPS) is 15.4. The van der Waals surface area contributed by atoms with Gasteiger partial charge in [0.15, 0.2) is 11.5 Å². The van der Waals surface area contributed by atoms with E-state index >= 15 is 0 Å². The van der Waals surface area contributed by atoms with Crippen LogP contribution in [0.5, 0.6) is 17.2 Å². The van der Waals surface area contributed by atoms with Crippen LogP contribution in [0.25, 0.3) is 10.9 Å². The zero-order chi connectivity index (χ0) is 26.1. The Hall–Kier alpha value is -3.36. The van der Waals surface area contributed by atoms with Crippen molar-refractivity contribution in [2.45, 2.75) is 44.6 Å². The minimum Gasteiger partial charge on any atom is -0.487 e. The second kappa shape index (κ2) is 10.8. The average Bonchev–Trinajstić information content (AvgIpc) is 3.40. The second-order valence-corrected chi connectivity index (χ2v) is 10.8. The van der Waals surface area contributed by atoms with Crippen LogP contribution in [0.3, 0.4) is 0 Å². The molecule has 0 saturated heterocycles. The summed E-state index contributed by atoms with van der Waals surface area (Å²) in [4.78, 5) is 18.5. The first-order valence-corrected chi connectivity index (χ1v) is 13.8. The maximum Gasteiger partial charge on any atom is 0.282 e. The van der Waals surface area contributed by atoms with Crippen molar-refractivity contribution in [2.75, 3.05) is 6.79 Å². The highest BCUT2D eigenvalue weighted by atomic mass is 79.9. The number of aromatic nitrogens is 2. The molecule has 3 aromatic carbocycles. The number of para-hydroxylation sites is 1. The summed E-state index contributed by atoms with van der Waals surface area (Å²) in [6, 6.07) is 16.7. The number of fused-ring (bicyclic) bond motifs is 2. The molecule has 2 aliphatic rings. The van der Waals surface area contributed by atoms with E-state index in [2.05, 4.69) is 21.0 Å². The third-order valence-electron chi connectivity index (χ3n) is 6.92. The molecule has 0 atom stereocenters. The number of ether oxygens (including phenoxy) is 3. The van der Waals surface area contributed by atoms with Crippen LogP contribution < -0.4 is 19.8 Å². The molecule has 38 heavy (non-hydrogen) atoms. The Kier molecular flexibility index (Phi) is 7.08. The van der Waals surface area contributed by atoms with Gasteiger partial charge < -0.3 is 14.2 Å². The lowest BCUT2D eigenvalue weighted by molar-refractivity contribution is 0.174. The molecule has 1 aromatic heterocycles. The molecule has 0 bridgehead atoms. The van der Waals surface area contributed by atoms with Gasteiger partial charge in [0.05, 0.1) is 21.6 Å². The summed E-state index contributed by atoms with van der Waals surface area (Å²) < 4.78 is 19.2. The van der Waals surface area contributed by atoms with E-state index in [0.29, 0.717) is 49.9 Å². The van der Waals surface area contributed by atoms with Crippen LogP contribution in [0, 0.1) is 0 Å². The number of halogens is 2. The van der Waals surface area contributed by atoms with E-state index in [-0.39, 0.29) is 18.3 Å². The Bertz CT molecular complexity index is 1600. The molecule has 194 valence electrons. The van der Waals surface area contributed by atoms with Crippen molar-refractivity contribution in [1.82, 2.24) is 9.66 Å². The zero-order valence-electron chi connectivity index (χ0n) is 20.5. The van der Waals surface area contributed by atoms with Crippen molar-refractivity contribution < 1.29 is 14.2 Å². The standard InChI is InChI=1S/C29H25BrClN3O4/c30-23-14-21(31)13-20(27(23)36-16-18-10-11-25-26(12-18)38-17-37-25)15-32-34-28(19-6-2-1-3-7-19)33-24-9-5-4-8-22(24)29(34)35/h4-5,8-15,19H,1-3,6-7,16-17H2. The predicted molar refractivity (Wildman–Crippen MR) is 151 cm³/mol. The summed E-state index contributed by atoms with van der Waals surface area (Å²) in [5.74, 6) is 2.87. The van der Waals surface area contributed by atoms with Crippen LogP contribution in [-0.2, 0) is 6.61 Å². The van der Waals surface area contributed by atoms with Gasteiger partial charge in [0.25, 0.3) is 5.56 Å². The minimum atomic E-state index is -0.184. The summed E-state index contributed by atoms with van der Waals surface area (Å²) in [5, 5.41) is 5.72. The van der Waals surface area contributed by atoms with Crippen LogP contribution >= 0.6 is 27.5 Å². The molecule has 0 spiro atoms. The van der Waals surface area contributed by atoms with Gasteiger partial charge in [-0.05, 0) is 70.7 Å². The highest BCUT2D eigenvalue weighted by molar-refractivity contribution is 9.10. The first-order chi connectivity index (χ1) is 18.6. The average molecular weight is 595 g/mol. The minimum absolute atomic E-state index is 0.184. The fraction of sp³-hybridized carbons (Fsp3) is 0.276. The van der Waals surface area contributed by atoms with Crippen LogP contribution in [0.15, 0.2) is 69.0 Å². The molecule has 1 fully saturated rings. The summed E-state index contributed by atoms with van der Waals surface area (Å²) in [7, 11) is 0. The van der Waals surface area contributed by atoms with Crippen LogP contribution in [0.1, 0.15) is 55.0 Å². The first kappa shape index (κ1) is 24.9. The number of hydrogen-bond donors (Lipinski definition) is 0. The molecule has 2 heterocycles. The van der Waals surface area contributed by atoms with Gasteiger partial charge in [-0.3, -0.25) is 4.79 Å². The van der Waals surface area contributed by atoms with Crippen LogP contribution in [0.4, 0.5) is 0 Å². The highest BCUT2D eigenvalue weighted by Gasteiger charge is 2.22. The van der Waals surface area contributed by atoms with Gasteiger partial charge in [0.2, 0.25) is 6.79 Å². The molecule has 0 amide bonds. The van der Waals surface area contributed by atoms with Crippen LogP contribution in [-0.4, -0.2) is 22.7 Å². The molecule has 1 saturated carbocycles. The maximum absolute atomic E-state index is 13.6. The quantitative estimate of drug-likeness (QED) is 0.224. The molecule has 0 radical (unpaired) electrons. The van der Waals surface area contributed by atoms with Crippen molar-refractivity contribution in [3.63, 3.8) is 0 Å². The summed E-state index contributed by atoms with van der Waals surface area (Å²) >= 11 is 9.96. The Morgan fingerprint density at radius 1 is 1.08 bits per heavy atom. The van der Waals surface area contributed by atoms with Crippen molar-refractivity contribution in [1.29, 1.82) is 0 Å². The first-order valence-electron chi connectivity index (χ1n) is 12.6. The van der Waals surface area contributed by atoms with Crippen molar-refractivity contribution in [3.05, 3.63) is 91.4 Å². The molecule has 0 N–H and O–H groups in total. The maximum atomic E-state index is 13.6. The lowest BCUT2D eigenvalue weighted by atomic mass is 9.88. The Labute approximate surface area is 233 Å². The Morgan fingerprint density at radius 3 is 2.76 bits per heavy atom. The van der Waals surface area contributed by atoms with E-state index < -0.39 is 0 Å². The fourth-order valence-electron chi connectivity index (χ4n) is 5.01. The largest absolute Gasteiger partial charge is 0.487 e. The predicted octanol–water partition coefficient (Wildman–Crippen LogP) is 7.05. The molecular formula is C29H25BrClN3O4. The van der Waals surface area contributed by atoms with Crippen molar-refractivity contribution >= 4 is 44.6 Å². The molecule has 6 rings (SSSR count). The van der Waals surface area contributed by atoms with E-state index in [1.54, 1.807) is 24.4 Å². The molecule has 1 aliphatic carbocycles. The van der Waals surface area contributed by atoms with Crippen LogP contribution in [0.2, 0.25) is 5.02 Å². The van der Waals surface area contributed by atoms with Gasteiger partial charge in [-0.25, -0.2) is 4.98 Å². The van der Waals surface area contributed by atoms with E-state index in [9.17, 15) is 4.79 Å². The van der Waals surface area contributed by atoms with Gasteiger partial charge >= 0.3 is 0 Å². The van der Waals surface area contributed by atoms with Gasteiger partial charge in [0.1, 0.15) is 18.2 Å². The summed E-state index contributed by atoms with van der Waals surface area (Å²) in [6.45, 7) is 0.511. The van der Waals surface area contributed by atoms with E-state index in [0.717, 1.165) is 37.0 Å².